The van der Waals surface area contributed by atoms with Gasteiger partial charge in [0.15, 0.2) is 5.69 Å². The topological polar surface area (TPSA) is 108 Å². The Morgan fingerprint density at radius 3 is 2.35 bits per heavy atom. The lowest BCUT2D eigenvalue weighted by Crippen LogP contribution is -2.14. The van der Waals surface area contributed by atoms with E-state index in [-0.39, 0.29) is 28.3 Å². The number of nitrogens with zero attached hydrogens (tertiary/aromatic N) is 2. The second-order valence-electron chi connectivity index (χ2n) is 8.37. The average Bonchev–Trinajstić information content (AvgIpc) is 3.22. The maximum absolute atomic E-state index is 14.0. The van der Waals surface area contributed by atoms with E-state index in [0.29, 0.717) is 32.8 Å². The summed E-state index contributed by atoms with van der Waals surface area (Å²) in [5.41, 5.74) is 1.43. The number of hydrogen-bond donors (Lipinski definition) is 1. The predicted molar refractivity (Wildman–Crippen MR) is 140 cm³/mol. The SMILES string of the molecule is COCc1c(C(=O)O)ncc2c1c1c(Oc3ccc(Cl)cc3)cccc1n2S(=O)(=O)c1ccc(C)cc1. The van der Waals surface area contributed by atoms with Crippen LogP contribution in [0.5, 0.6) is 11.5 Å². The van der Waals surface area contributed by atoms with Crippen molar-refractivity contribution in [1.29, 1.82) is 0 Å². The molecule has 2 aromatic heterocycles. The molecule has 0 fully saturated rings. The first kappa shape index (κ1) is 24.8. The molecule has 3 aromatic carbocycles. The lowest BCUT2D eigenvalue weighted by Gasteiger charge is -2.11. The van der Waals surface area contributed by atoms with E-state index in [1.54, 1.807) is 54.6 Å². The number of pyridine rings is 1. The first-order chi connectivity index (χ1) is 17.7. The van der Waals surface area contributed by atoms with Crippen LogP contribution in [0.15, 0.2) is 77.8 Å². The third-order valence-electron chi connectivity index (χ3n) is 5.94. The number of ether oxygens (including phenoxy) is 2. The molecule has 0 saturated carbocycles. The summed E-state index contributed by atoms with van der Waals surface area (Å²) in [6, 6.07) is 18.2. The zero-order valence-electron chi connectivity index (χ0n) is 19.8. The van der Waals surface area contributed by atoms with Crippen molar-refractivity contribution in [3.63, 3.8) is 0 Å². The molecule has 0 aliphatic heterocycles. The van der Waals surface area contributed by atoms with Crippen molar-refractivity contribution in [3.8, 4) is 11.5 Å². The first-order valence-electron chi connectivity index (χ1n) is 11.1. The van der Waals surface area contributed by atoms with Gasteiger partial charge in [-0.25, -0.2) is 22.2 Å². The quantitative estimate of drug-likeness (QED) is 0.271. The molecule has 5 rings (SSSR count). The molecular weight excluding hydrogens is 516 g/mol. The van der Waals surface area contributed by atoms with Crippen molar-refractivity contribution < 1.29 is 27.8 Å². The number of aryl methyl sites for hydroxylation is 1. The van der Waals surface area contributed by atoms with E-state index in [9.17, 15) is 18.3 Å². The Labute approximate surface area is 217 Å². The number of fused-ring (bicyclic) bond motifs is 3. The maximum Gasteiger partial charge on any atom is 0.354 e. The molecule has 0 aliphatic rings. The summed E-state index contributed by atoms with van der Waals surface area (Å²) >= 11 is 6.01. The number of carboxylic acids is 1. The minimum absolute atomic E-state index is 0.0801. The fourth-order valence-electron chi connectivity index (χ4n) is 4.30. The molecule has 0 radical (unpaired) electrons. The van der Waals surface area contributed by atoms with Gasteiger partial charge < -0.3 is 14.6 Å². The monoisotopic (exact) mass is 536 g/mol. The van der Waals surface area contributed by atoms with E-state index in [4.69, 9.17) is 21.1 Å². The Hall–Kier alpha value is -3.92. The lowest BCUT2D eigenvalue weighted by molar-refractivity contribution is 0.0685. The molecule has 8 nitrogen and oxygen atoms in total. The van der Waals surface area contributed by atoms with Gasteiger partial charge in [-0.05, 0) is 55.5 Å². The molecule has 0 bridgehead atoms. The Bertz CT molecular complexity index is 1760. The molecule has 0 aliphatic carbocycles. The third kappa shape index (κ3) is 4.31. The molecular formula is C27H21ClN2O6S. The number of halogens is 1. The van der Waals surface area contributed by atoms with Gasteiger partial charge in [-0.3, -0.25) is 0 Å². The van der Waals surface area contributed by atoms with Gasteiger partial charge in [0.1, 0.15) is 11.5 Å². The highest BCUT2D eigenvalue weighted by Gasteiger charge is 2.29. The number of carbonyl (C=O) groups is 1. The number of rotatable bonds is 7. The normalized spacial score (nSPS) is 11.8. The zero-order chi connectivity index (χ0) is 26.3. The van der Waals surface area contributed by atoms with E-state index < -0.39 is 16.0 Å². The van der Waals surface area contributed by atoms with Crippen LogP contribution in [0.3, 0.4) is 0 Å². The maximum atomic E-state index is 14.0. The minimum atomic E-state index is -4.11. The standard InChI is InChI=1S/C27H21ClN2O6S/c1-16-6-12-19(13-7-16)37(33,34)30-21-4-3-5-23(36-18-10-8-17(28)9-11-18)25(21)24-20(15-35-2)26(27(31)32)29-14-22(24)30/h3-14H,15H2,1-2H3,(H,31,32). The number of benzene rings is 3. The summed E-state index contributed by atoms with van der Waals surface area (Å²) in [5.74, 6) is -0.449. The molecule has 0 atom stereocenters. The smallest absolute Gasteiger partial charge is 0.354 e. The number of carboxylic acid groups (broad SMARTS) is 1. The van der Waals surface area contributed by atoms with Crippen molar-refractivity contribution in [2.45, 2.75) is 18.4 Å². The van der Waals surface area contributed by atoms with Crippen molar-refractivity contribution in [2.75, 3.05) is 7.11 Å². The largest absolute Gasteiger partial charge is 0.477 e. The second kappa shape index (κ2) is 9.51. The molecule has 2 heterocycles. The molecule has 0 amide bonds. The summed E-state index contributed by atoms with van der Waals surface area (Å²) in [6.07, 6.45) is 1.26. The van der Waals surface area contributed by atoms with Crippen molar-refractivity contribution in [3.05, 3.63) is 94.8 Å². The van der Waals surface area contributed by atoms with Gasteiger partial charge in [-0.1, -0.05) is 35.4 Å². The Kier molecular flexibility index (Phi) is 6.36. The lowest BCUT2D eigenvalue weighted by atomic mass is 10.1. The Morgan fingerprint density at radius 1 is 1.00 bits per heavy atom. The van der Waals surface area contributed by atoms with Crippen LogP contribution in [0, 0.1) is 6.92 Å². The summed E-state index contributed by atoms with van der Waals surface area (Å²) < 4.78 is 40.6. The number of aromatic carboxylic acids is 1. The second-order valence-corrected chi connectivity index (χ2v) is 10.6. The number of hydrogen-bond acceptors (Lipinski definition) is 6. The van der Waals surface area contributed by atoms with Crippen LogP contribution in [-0.2, 0) is 21.4 Å². The van der Waals surface area contributed by atoms with Gasteiger partial charge in [-0.15, -0.1) is 0 Å². The molecule has 0 spiro atoms. The van der Waals surface area contributed by atoms with Crippen LogP contribution < -0.4 is 4.74 Å². The van der Waals surface area contributed by atoms with E-state index in [2.05, 4.69) is 4.98 Å². The van der Waals surface area contributed by atoms with Crippen LogP contribution in [0.2, 0.25) is 5.02 Å². The molecule has 188 valence electrons. The fraction of sp³-hybridized carbons (Fsp3) is 0.111. The minimum Gasteiger partial charge on any atom is -0.477 e. The molecule has 0 unspecified atom stereocenters. The Balaban J connectivity index is 1.90. The van der Waals surface area contributed by atoms with Gasteiger partial charge in [0.2, 0.25) is 0 Å². The van der Waals surface area contributed by atoms with Gasteiger partial charge in [0.05, 0.1) is 34.1 Å². The van der Waals surface area contributed by atoms with Gasteiger partial charge >= 0.3 is 5.97 Å². The van der Waals surface area contributed by atoms with Crippen LogP contribution in [0.25, 0.3) is 21.8 Å². The highest BCUT2D eigenvalue weighted by atomic mass is 35.5. The van der Waals surface area contributed by atoms with Gasteiger partial charge in [0.25, 0.3) is 10.0 Å². The van der Waals surface area contributed by atoms with Crippen molar-refractivity contribution in [1.82, 2.24) is 8.96 Å². The summed E-state index contributed by atoms with van der Waals surface area (Å²) in [5, 5.41) is 11.2. The highest BCUT2D eigenvalue weighted by Crippen LogP contribution is 2.41. The Morgan fingerprint density at radius 2 is 1.70 bits per heavy atom. The summed E-state index contributed by atoms with van der Waals surface area (Å²) in [6.45, 7) is 1.76. The molecule has 0 saturated heterocycles. The van der Waals surface area contributed by atoms with E-state index in [1.807, 2.05) is 6.92 Å². The molecule has 5 aromatic rings. The molecule has 10 heteroatoms. The van der Waals surface area contributed by atoms with Crippen molar-refractivity contribution in [2.24, 2.45) is 0 Å². The third-order valence-corrected chi connectivity index (χ3v) is 7.94. The molecule has 37 heavy (non-hydrogen) atoms. The zero-order valence-corrected chi connectivity index (χ0v) is 21.4. The summed E-state index contributed by atoms with van der Waals surface area (Å²) in [7, 11) is -2.68. The predicted octanol–water partition coefficient (Wildman–Crippen LogP) is 6.03. The van der Waals surface area contributed by atoms with E-state index in [1.165, 1.54) is 29.4 Å². The number of methoxy groups -OCH3 is 1. The van der Waals surface area contributed by atoms with Gasteiger partial charge in [-0.2, -0.15) is 0 Å². The number of aromatic nitrogens is 2. The first-order valence-corrected chi connectivity index (χ1v) is 13.0. The summed E-state index contributed by atoms with van der Waals surface area (Å²) in [4.78, 5) is 16.2. The average molecular weight is 537 g/mol. The van der Waals surface area contributed by atoms with E-state index in [0.717, 1.165) is 5.56 Å². The fourth-order valence-corrected chi connectivity index (χ4v) is 5.93. The van der Waals surface area contributed by atoms with Gasteiger partial charge in [0, 0.05) is 23.1 Å². The van der Waals surface area contributed by atoms with Crippen LogP contribution in [0.4, 0.5) is 0 Å². The highest BCUT2D eigenvalue weighted by molar-refractivity contribution is 7.90. The van der Waals surface area contributed by atoms with Crippen LogP contribution in [-0.4, -0.2) is 35.6 Å². The van der Waals surface area contributed by atoms with E-state index >= 15 is 0 Å². The van der Waals surface area contributed by atoms with Crippen LogP contribution >= 0.6 is 11.6 Å². The molecule has 1 N–H and O–H groups in total. The van der Waals surface area contributed by atoms with Crippen LogP contribution in [0.1, 0.15) is 21.6 Å². The van der Waals surface area contributed by atoms with Crippen molar-refractivity contribution >= 4 is 49.4 Å².